The number of hydrogen-bond acceptors (Lipinski definition) is 3. The predicted octanol–water partition coefficient (Wildman–Crippen LogP) is 3.20. The van der Waals surface area contributed by atoms with Crippen molar-refractivity contribution in [1.82, 2.24) is 10.3 Å². The number of fused-ring (bicyclic) bond motifs is 1. The van der Waals surface area contributed by atoms with Crippen molar-refractivity contribution >= 4 is 17.5 Å². The number of rotatable bonds is 5. The summed E-state index contributed by atoms with van der Waals surface area (Å²) >= 11 is 0. The third kappa shape index (κ3) is 3.87. The highest BCUT2D eigenvalue weighted by Gasteiger charge is 2.24. The number of benzene rings is 1. The number of hydrogen-bond donors (Lipinski definition) is 1. The van der Waals surface area contributed by atoms with E-state index in [1.165, 1.54) is 11.8 Å². The average Bonchev–Trinajstić information content (AvgIpc) is 2.67. The Kier molecular flexibility index (Phi) is 5.43. The number of pyridine rings is 1. The second-order valence-electron chi connectivity index (χ2n) is 6.23. The lowest BCUT2D eigenvalue weighted by Crippen LogP contribution is -2.36. The molecule has 2 aromatic rings. The van der Waals surface area contributed by atoms with E-state index in [4.69, 9.17) is 0 Å². The van der Waals surface area contributed by atoms with Crippen LogP contribution >= 0.6 is 0 Å². The second kappa shape index (κ2) is 7.92. The maximum atomic E-state index is 12.9. The summed E-state index contributed by atoms with van der Waals surface area (Å²) in [6.45, 7) is 3.39. The molecule has 25 heavy (non-hydrogen) atoms. The van der Waals surface area contributed by atoms with Gasteiger partial charge in [0.2, 0.25) is 0 Å². The summed E-state index contributed by atoms with van der Waals surface area (Å²) in [5.74, 6) is -0.320. The number of anilines is 1. The van der Waals surface area contributed by atoms with Crippen molar-refractivity contribution in [2.75, 3.05) is 18.0 Å². The summed E-state index contributed by atoms with van der Waals surface area (Å²) in [5.41, 5.74) is 2.90. The Labute approximate surface area is 148 Å². The molecule has 0 unspecified atom stereocenters. The Balaban J connectivity index is 1.80. The van der Waals surface area contributed by atoms with Crippen LogP contribution < -0.4 is 10.2 Å². The van der Waals surface area contributed by atoms with Crippen LogP contribution in [0.25, 0.3) is 0 Å². The first-order chi connectivity index (χ1) is 12.2. The zero-order valence-corrected chi connectivity index (χ0v) is 14.5. The molecule has 0 saturated heterocycles. The van der Waals surface area contributed by atoms with Gasteiger partial charge in [0.05, 0.1) is 0 Å². The summed E-state index contributed by atoms with van der Waals surface area (Å²) in [5, 5.41) is 2.87. The van der Waals surface area contributed by atoms with Crippen LogP contribution in [0.4, 0.5) is 5.69 Å². The van der Waals surface area contributed by atoms with Crippen LogP contribution in [0.2, 0.25) is 0 Å². The van der Waals surface area contributed by atoms with Crippen molar-refractivity contribution in [2.45, 2.75) is 32.6 Å². The first kappa shape index (κ1) is 17.1. The summed E-state index contributed by atoms with van der Waals surface area (Å²) in [6, 6.07) is 11.2. The van der Waals surface area contributed by atoms with E-state index < -0.39 is 0 Å². The summed E-state index contributed by atoms with van der Waals surface area (Å²) in [6.07, 6.45) is 5.40. The average molecular weight is 337 g/mol. The Morgan fingerprint density at radius 2 is 2.08 bits per heavy atom. The molecule has 1 aliphatic heterocycles. The number of carbonyl (C=O) groups excluding carboxylic acids is 2. The van der Waals surface area contributed by atoms with Crippen LogP contribution in [0.1, 0.15) is 52.6 Å². The minimum absolute atomic E-state index is 0.157. The zero-order valence-electron chi connectivity index (χ0n) is 14.5. The number of unbranched alkanes of at least 4 members (excludes halogenated alkanes) is 1. The minimum Gasteiger partial charge on any atom is -0.352 e. The molecule has 0 bridgehead atoms. The van der Waals surface area contributed by atoms with E-state index in [1.807, 2.05) is 18.2 Å². The molecule has 2 heterocycles. The van der Waals surface area contributed by atoms with Crippen LogP contribution in [0.15, 0.2) is 42.6 Å². The number of para-hydroxylation sites is 1. The van der Waals surface area contributed by atoms with Gasteiger partial charge < -0.3 is 10.2 Å². The van der Waals surface area contributed by atoms with E-state index in [2.05, 4.69) is 23.3 Å². The molecule has 0 saturated carbocycles. The molecule has 5 heteroatoms. The van der Waals surface area contributed by atoms with Gasteiger partial charge in [0.1, 0.15) is 5.69 Å². The normalized spacial score (nSPS) is 13.2. The molecule has 3 rings (SSSR count). The lowest BCUT2D eigenvalue weighted by molar-refractivity contribution is 0.0953. The van der Waals surface area contributed by atoms with E-state index in [-0.39, 0.29) is 11.8 Å². The van der Waals surface area contributed by atoms with E-state index in [0.29, 0.717) is 24.3 Å². The Bertz CT molecular complexity index is 773. The highest BCUT2D eigenvalue weighted by molar-refractivity contribution is 6.06. The fourth-order valence-corrected chi connectivity index (χ4v) is 3.05. The minimum atomic E-state index is -0.163. The first-order valence-corrected chi connectivity index (χ1v) is 8.84. The molecule has 0 spiro atoms. The van der Waals surface area contributed by atoms with Crippen molar-refractivity contribution in [1.29, 1.82) is 0 Å². The third-order valence-electron chi connectivity index (χ3n) is 4.41. The number of aromatic nitrogens is 1. The molecule has 0 aliphatic carbocycles. The molecule has 0 atom stereocenters. The Morgan fingerprint density at radius 3 is 2.92 bits per heavy atom. The van der Waals surface area contributed by atoms with Gasteiger partial charge in [0.15, 0.2) is 0 Å². The number of nitrogens with zero attached hydrogens (tertiary/aromatic N) is 2. The number of nitrogens with one attached hydrogen (secondary N) is 1. The van der Waals surface area contributed by atoms with Gasteiger partial charge in [-0.1, -0.05) is 31.5 Å². The van der Waals surface area contributed by atoms with Gasteiger partial charge in [-0.3, -0.25) is 14.6 Å². The zero-order chi connectivity index (χ0) is 17.6. The maximum absolute atomic E-state index is 12.9. The van der Waals surface area contributed by atoms with Gasteiger partial charge >= 0.3 is 0 Å². The van der Waals surface area contributed by atoms with Crippen molar-refractivity contribution in [3.05, 3.63) is 59.4 Å². The standard InChI is InChI=1S/C20H23N3O2/c1-2-3-11-22-19(24)16-10-12-21-17(14-16)20(25)23-13-6-8-15-7-4-5-9-18(15)23/h4-5,7,9-10,12,14H,2-3,6,8,11,13H2,1H3,(H,22,24). The summed E-state index contributed by atoms with van der Waals surface area (Å²) in [7, 11) is 0. The van der Waals surface area contributed by atoms with Gasteiger partial charge in [0, 0.05) is 30.5 Å². The van der Waals surface area contributed by atoms with Crippen molar-refractivity contribution in [3.8, 4) is 0 Å². The smallest absolute Gasteiger partial charge is 0.276 e. The van der Waals surface area contributed by atoms with Crippen LogP contribution in [0.3, 0.4) is 0 Å². The molecular formula is C20H23N3O2. The lowest BCUT2D eigenvalue weighted by atomic mass is 10.0. The van der Waals surface area contributed by atoms with Crippen molar-refractivity contribution < 1.29 is 9.59 Å². The molecule has 0 radical (unpaired) electrons. The first-order valence-electron chi connectivity index (χ1n) is 8.84. The molecule has 2 amide bonds. The Morgan fingerprint density at radius 1 is 1.24 bits per heavy atom. The largest absolute Gasteiger partial charge is 0.352 e. The van der Waals surface area contributed by atoms with Crippen LogP contribution in [-0.2, 0) is 6.42 Å². The van der Waals surface area contributed by atoms with Gasteiger partial charge in [-0.15, -0.1) is 0 Å². The molecule has 1 aromatic heterocycles. The van der Waals surface area contributed by atoms with Crippen molar-refractivity contribution in [2.24, 2.45) is 0 Å². The second-order valence-corrected chi connectivity index (χ2v) is 6.23. The number of amides is 2. The summed E-state index contributed by atoms with van der Waals surface area (Å²) in [4.78, 5) is 31.1. The van der Waals surface area contributed by atoms with Gasteiger partial charge in [-0.05, 0) is 43.0 Å². The fraction of sp³-hybridized carbons (Fsp3) is 0.350. The maximum Gasteiger partial charge on any atom is 0.276 e. The van der Waals surface area contributed by atoms with Gasteiger partial charge in [0.25, 0.3) is 11.8 Å². The summed E-state index contributed by atoms with van der Waals surface area (Å²) < 4.78 is 0. The van der Waals surface area contributed by atoms with E-state index in [0.717, 1.165) is 31.4 Å². The fourth-order valence-electron chi connectivity index (χ4n) is 3.05. The molecule has 1 N–H and O–H groups in total. The van der Waals surface area contributed by atoms with Crippen molar-refractivity contribution in [3.63, 3.8) is 0 Å². The SMILES string of the molecule is CCCCNC(=O)c1ccnc(C(=O)N2CCCc3ccccc32)c1. The Hall–Kier alpha value is -2.69. The molecule has 1 aliphatic rings. The van der Waals surface area contributed by atoms with Gasteiger partial charge in [-0.2, -0.15) is 0 Å². The monoisotopic (exact) mass is 337 g/mol. The predicted molar refractivity (Wildman–Crippen MR) is 97.9 cm³/mol. The number of carbonyl (C=O) groups is 2. The topological polar surface area (TPSA) is 62.3 Å². The van der Waals surface area contributed by atoms with Crippen LogP contribution in [-0.4, -0.2) is 29.9 Å². The van der Waals surface area contributed by atoms with E-state index in [9.17, 15) is 9.59 Å². The molecule has 0 fully saturated rings. The van der Waals surface area contributed by atoms with Gasteiger partial charge in [-0.25, -0.2) is 0 Å². The molecule has 5 nitrogen and oxygen atoms in total. The highest BCUT2D eigenvalue weighted by atomic mass is 16.2. The molecule has 1 aromatic carbocycles. The van der Waals surface area contributed by atoms with E-state index in [1.54, 1.807) is 17.0 Å². The quantitative estimate of drug-likeness (QED) is 0.852. The molecular weight excluding hydrogens is 314 g/mol. The molecule has 130 valence electrons. The lowest BCUT2D eigenvalue weighted by Gasteiger charge is -2.29. The van der Waals surface area contributed by atoms with Crippen LogP contribution in [0, 0.1) is 0 Å². The highest BCUT2D eigenvalue weighted by Crippen LogP contribution is 2.27. The number of aryl methyl sites for hydroxylation is 1. The van der Waals surface area contributed by atoms with E-state index >= 15 is 0 Å². The van der Waals surface area contributed by atoms with Crippen LogP contribution in [0.5, 0.6) is 0 Å². The third-order valence-corrected chi connectivity index (χ3v) is 4.41.